The Kier molecular flexibility index (Phi) is 4.86. The maximum absolute atomic E-state index is 13.0. The molecule has 0 aliphatic carbocycles. The van der Waals surface area contributed by atoms with Gasteiger partial charge in [0, 0.05) is 43.6 Å². The molecule has 2 fully saturated rings. The highest BCUT2D eigenvalue weighted by Gasteiger charge is 2.39. The monoisotopic (exact) mass is 447 g/mol. The average molecular weight is 447 g/mol. The molecule has 0 aromatic carbocycles. The number of carbonyl (C=O) groups excluding carboxylic acids is 1. The fourth-order valence-electron chi connectivity index (χ4n) is 4.45. The summed E-state index contributed by atoms with van der Waals surface area (Å²) in [7, 11) is 0. The first-order valence-electron chi connectivity index (χ1n) is 10.7. The maximum Gasteiger partial charge on any atom is 0.433 e. The highest BCUT2D eigenvalue weighted by Crippen LogP contribution is 2.39. The van der Waals surface area contributed by atoms with Gasteiger partial charge < -0.3 is 20.0 Å². The van der Waals surface area contributed by atoms with Gasteiger partial charge in [0.15, 0.2) is 0 Å². The van der Waals surface area contributed by atoms with Crippen LogP contribution < -0.4 is 15.1 Å². The number of nitrogens with zero attached hydrogens (tertiary/aromatic N) is 6. The summed E-state index contributed by atoms with van der Waals surface area (Å²) < 4.78 is 38.7. The number of hydrogen-bond acceptors (Lipinski definition) is 6. The van der Waals surface area contributed by atoms with Crippen molar-refractivity contribution in [1.29, 1.82) is 0 Å². The van der Waals surface area contributed by atoms with Crippen molar-refractivity contribution in [3.63, 3.8) is 0 Å². The van der Waals surface area contributed by atoms with Gasteiger partial charge in [-0.15, -0.1) is 0 Å². The quantitative estimate of drug-likeness (QED) is 0.780. The molecule has 0 bridgehead atoms. The molecule has 5 heterocycles. The molecule has 2 saturated heterocycles. The van der Waals surface area contributed by atoms with Crippen molar-refractivity contribution >= 4 is 17.5 Å². The zero-order valence-corrected chi connectivity index (χ0v) is 17.9. The number of pyridine rings is 1. The van der Waals surface area contributed by atoms with Crippen molar-refractivity contribution < 1.29 is 18.0 Å². The Morgan fingerprint density at radius 3 is 2.59 bits per heavy atom. The van der Waals surface area contributed by atoms with E-state index in [0.717, 1.165) is 48.8 Å². The summed E-state index contributed by atoms with van der Waals surface area (Å²) in [5.41, 5.74) is 1.43. The molecule has 1 N–H and O–H groups in total. The van der Waals surface area contributed by atoms with Crippen LogP contribution in [-0.2, 0) is 12.7 Å². The Balaban J connectivity index is 1.22. The minimum absolute atomic E-state index is 0.136. The maximum atomic E-state index is 13.0. The van der Waals surface area contributed by atoms with Gasteiger partial charge in [0.05, 0.1) is 24.3 Å². The number of carbonyl (C=O) groups is 1. The van der Waals surface area contributed by atoms with Crippen LogP contribution in [-0.4, -0.2) is 58.1 Å². The van der Waals surface area contributed by atoms with Gasteiger partial charge in [-0.2, -0.15) is 13.2 Å². The van der Waals surface area contributed by atoms with Gasteiger partial charge in [-0.3, -0.25) is 4.98 Å². The number of rotatable bonds is 3. The lowest BCUT2D eigenvalue weighted by Crippen LogP contribution is -2.61. The predicted octanol–water partition coefficient (Wildman–Crippen LogP) is 2.88. The smallest absolute Gasteiger partial charge is 0.367 e. The fourth-order valence-corrected chi connectivity index (χ4v) is 4.45. The van der Waals surface area contributed by atoms with E-state index in [0.29, 0.717) is 31.1 Å². The molecule has 1 unspecified atom stereocenters. The van der Waals surface area contributed by atoms with Crippen molar-refractivity contribution in [2.45, 2.75) is 45.1 Å². The Hall–Kier alpha value is -3.11. The van der Waals surface area contributed by atoms with Gasteiger partial charge in [0.1, 0.15) is 17.3 Å². The molecule has 3 aliphatic rings. The predicted molar refractivity (Wildman–Crippen MR) is 111 cm³/mol. The third kappa shape index (κ3) is 3.59. The van der Waals surface area contributed by atoms with Gasteiger partial charge in [-0.05, 0) is 32.4 Å². The number of anilines is 2. The normalized spacial score (nSPS) is 20.7. The minimum atomic E-state index is -4.48. The molecule has 8 nitrogen and oxygen atoms in total. The molecular formula is C21H24F3N7O. The van der Waals surface area contributed by atoms with Crippen molar-refractivity contribution in [2.75, 3.05) is 36.0 Å². The summed E-state index contributed by atoms with van der Waals surface area (Å²) >= 11 is 0. The number of halogens is 3. The molecule has 0 spiro atoms. The number of hydrogen-bond donors (Lipinski definition) is 1. The number of amides is 2. The van der Waals surface area contributed by atoms with Crippen molar-refractivity contribution in [1.82, 2.24) is 25.2 Å². The van der Waals surface area contributed by atoms with Crippen LogP contribution >= 0.6 is 0 Å². The van der Waals surface area contributed by atoms with E-state index < -0.39 is 11.9 Å². The number of aryl methyl sites for hydroxylation is 1. The van der Waals surface area contributed by atoms with Crippen LogP contribution in [0.3, 0.4) is 0 Å². The molecule has 3 aliphatic heterocycles. The number of alkyl halides is 3. The molecule has 1 atom stereocenters. The first-order valence-corrected chi connectivity index (χ1v) is 10.7. The van der Waals surface area contributed by atoms with Gasteiger partial charge in [-0.1, -0.05) is 0 Å². The summed E-state index contributed by atoms with van der Waals surface area (Å²) in [6.07, 6.45) is -2.19. The third-order valence-corrected chi connectivity index (χ3v) is 6.35. The highest BCUT2D eigenvalue weighted by atomic mass is 19.4. The number of urea groups is 1. The second kappa shape index (κ2) is 7.49. The summed E-state index contributed by atoms with van der Waals surface area (Å²) in [5.74, 6) is 1.62. The Bertz CT molecular complexity index is 1050. The number of aromatic nitrogens is 3. The van der Waals surface area contributed by atoms with E-state index in [1.807, 2.05) is 13.8 Å². The van der Waals surface area contributed by atoms with Crippen LogP contribution in [0.4, 0.5) is 29.5 Å². The molecule has 32 heavy (non-hydrogen) atoms. The van der Waals surface area contributed by atoms with Crippen LogP contribution in [0, 0.1) is 6.92 Å². The first-order chi connectivity index (χ1) is 15.2. The van der Waals surface area contributed by atoms with Gasteiger partial charge in [-0.25, -0.2) is 14.8 Å². The van der Waals surface area contributed by atoms with Gasteiger partial charge in [0.25, 0.3) is 0 Å². The highest BCUT2D eigenvalue weighted by molar-refractivity contribution is 5.77. The average Bonchev–Trinajstić information content (AvgIpc) is 2.98. The largest absolute Gasteiger partial charge is 0.433 e. The van der Waals surface area contributed by atoms with Crippen molar-refractivity contribution in [3.05, 3.63) is 41.1 Å². The Morgan fingerprint density at radius 2 is 1.94 bits per heavy atom. The van der Waals surface area contributed by atoms with E-state index in [-0.39, 0.29) is 18.1 Å². The molecule has 2 amide bonds. The number of nitrogens with one attached hydrogen (secondary N) is 1. The number of fused-ring (bicyclic) bond motifs is 1. The first kappa shape index (κ1) is 20.8. The fraction of sp³-hybridized carbons (Fsp3) is 0.524. The lowest BCUT2D eigenvalue weighted by atomic mass is 10.1. The van der Waals surface area contributed by atoms with E-state index in [2.05, 4.69) is 25.2 Å². The third-order valence-electron chi connectivity index (χ3n) is 6.35. The Labute approximate surface area is 183 Å². The summed E-state index contributed by atoms with van der Waals surface area (Å²) in [5, 5.41) is 3.01. The molecular weight excluding hydrogens is 423 g/mol. The Morgan fingerprint density at radius 1 is 1.19 bits per heavy atom. The van der Waals surface area contributed by atoms with Crippen molar-refractivity contribution in [2.24, 2.45) is 0 Å². The molecule has 0 saturated carbocycles. The van der Waals surface area contributed by atoms with Crippen molar-refractivity contribution in [3.8, 4) is 0 Å². The zero-order valence-electron chi connectivity index (χ0n) is 17.9. The van der Waals surface area contributed by atoms with Gasteiger partial charge >= 0.3 is 12.2 Å². The van der Waals surface area contributed by atoms with Crippen LogP contribution in [0.25, 0.3) is 0 Å². The van der Waals surface area contributed by atoms with Crippen LogP contribution in [0.2, 0.25) is 0 Å². The van der Waals surface area contributed by atoms with E-state index >= 15 is 0 Å². The molecule has 5 rings (SSSR count). The standard InChI is InChI=1S/C21H24F3N7O/c1-12-18-16(26-13(2)27-19(18)29-6-3-7-29)11-31(12)20(32)28-14-9-30(10-14)15-4-5-25-17(8-15)21(22,23)24/h4-5,8,12,14H,3,6-7,9-11H2,1-2H3,(H,28,32). The molecule has 11 heteroatoms. The van der Waals surface area contributed by atoms with E-state index in [1.54, 1.807) is 15.9 Å². The minimum Gasteiger partial charge on any atom is -0.367 e. The summed E-state index contributed by atoms with van der Waals surface area (Å²) in [6.45, 7) is 7.08. The molecule has 2 aromatic heterocycles. The van der Waals surface area contributed by atoms with Crippen LogP contribution in [0.1, 0.15) is 42.2 Å². The summed E-state index contributed by atoms with van der Waals surface area (Å²) in [4.78, 5) is 31.3. The van der Waals surface area contributed by atoms with E-state index in [1.165, 1.54) is 0 Å². The lowest BCUT2D eigenvalue weighted by Gasteiger charge is -2.42. The van der Waals surface area contributed by atoms with Crippen LogP contribution in [0.5, 0.6) is 0 Å². The van der Waals surface area contributed by atoms with Crippen LogP contribution in [0.15, 0.2) is 18.3 Å². The molecule has 2 aromatic rings. The zero-order chi connectivity index (χ0) is 22.6. The summed E-state index contributed by atoms with van der Waals surface area (Å²) in [6, 6.07) is 2.11. The second-order valence-corrected chi connectivity index (χ2v) is 8.55. The van der Waals surface area contributed by atoms with Gasteiger partial charge in [0.2, 0.25) is 0 Å². The molecule has 170 valence electrons. The lowest BCUT2D eigenvalue weighted by molar-refractivity contribution is -0.141. The SMILES string of the molecule is Cc1nc2c(c(N3CCC3)n1)C(C)N(C(=O)NC1CN(c3ccnc(C(F)(F)F)c3)C1)C2. The van der Waals surface area contributed by atoms with E-state index in [9.17, 15) is 18.0 Å². The second-order valence-electron chi connectivity index (χ2n) is 8.55. The topological polar surface area (TPSA) is 77.5 Å². The van der Waals surface area contributed by atoms with E-state index in [4.69, 9.17) is 0 Å². The molecule has 0 radical (unpaired) electrons.